The predicted molar refractivity (Wildman–Crippen MR) is 48.0 cm³/mol. The highest BCUT2D eigenvalue weighted by Gasteiger charge is 2.18. The molecule has 0 unspecified atom stereocenters. The number of nitrogens with two attached hydrogens (primary N) is 1. The van der Waals surface area contributed by atoms with Crippen LogP contribution >= 0.6 is 0 Å². The first-order valence-electron chi connectivity index (χ1n) is 4.56. The van der Waals surface area contributed by atoms with Crippen molar-refractivity contribution in [1.29, 1.82) is 0 Å². The van der Waals surface area contributed by atoms with E-state index in [0.717, 1.165) is 18.7 Å². The van der Waals surface area contributed by atoms with E-state index < -0.39 is 0 Å². The van der Waals surface area contributed by atoms with Crippen LogP contribution in [0.1, 0.15) is 23.6 Å². The highest BCUT2D eigenvalue weighted by atomic mass is 15.1. The second-order valence-corrected chi connectivity index (χ2v) is 3.37. The minimum atomic E-state index is 0.698. The van der Waals surface area contributed by atoms with Gasteiger partial charge in [-0.2, -0.15) is 0 Å². The van der Waals surface area contributed by atoms with Gasteiger partial charge in [-0.05, 0) is 25.8 Å². The molecule has 0 fully saturated rings. The van der Waals surface area contributed by atoms with Crippen molar-refractivity contribution in [2.75, 3.05) is 6.54 Å². The topological polar surface area (TPSA) is 43.8 Å². The number of hydrogen-bond donors (Lipinski definition) is 1. The summed E-state index contributed by atoms with van der Waals surface area (Å²) in [6, 6.07) is 0. The van der Waals surface area contributed by atoms with Gasteiger partial charge >= 0.3 is 0 Å². The minimum Gasteiger partial charge on any atom is -0.335 e. The maximum atomic E-state index is 5.49. The van der Waals surface area contributed by atoms with Crippen molar-refractivity contribution in [3.63, 3.8) is 0 Å². The second kappa shape index (κ2) is 2.90. The van der Waals surface area contributed by atoms with Crippen molar-refractivity contribution in [2.24, 2.45) is 12.8 Å². The van der Waals surface area contributed by atoms with E-state index in [1.165, 1.54) is 24.2 Å². The molecule has 1 aliphatic carbocycles. The van der Waals surface area contributed by atoms with Crippen LogP contribution < -0.4 is 5.73 Å². The van der Waals surface area contributed by atoms with E-state index in [2.05, 4.69) is 16.6 Å². The maximum Gasteiger partial charge on any atom is 0.110 e. The summed E-state index contributed by atoms with van der Waals surface area (Å²) in [4.78, 5) is 4.56. The molecule has 3 nitrogen and oxygen atoms in total. The van der Waals surface area contributed by atoms with Crippen LogP contribution in [-0.2, 0) is 26.3 Å². The third kappa shape index (κ3) is 1.05. The van der Waals surface area contributed by atoms with Crippen molar-refractivity contribution < 1.29 is 0 Å². The Morgan fingerprint density at radius 3 is 3.00 bits per heavy atom. The highest BCUT2D eigenvalue weighted by Crippen LogP contribution is 2.21. The van der Waals surface area contributed by atoms with Gasteiger partial charge in [0.05, 0.1) is 5.69 Å². The van der Waals surface area contributed by atoms with Crippen molar-refractivity contribution >= 4 is 0 Å². The Hall–Kier alpha value is -0.830. The van der Waals surface area contributed by atoms with Crippen LogP contribution in [0, 0.1) is 0 Å². The molecule has 1 aromatic rings. The molecule has 1 heterocycles. The largest absolute Gasteiger partial charge is 0.335 e. The minimum absolute atomic E-state index is 0.698. The van der Waals surface area contributed by atoms with E-state index >= 15 is 0 Å². The Morgan fingerprint density at radius 2 is 2.33 bits per heavy atom. The molecule has 3 heteroatoms. The quantitative estimate of drug-likeness (QED) is 0.689. The Morgan fingerprint density at radius 1 is 1.50 bits per heavy atom. The standard InChI is InChI=1S/C9H15N3/c1-12-8-4-2-3-7(8)11-9(12)5-6-10/h2-6,10H2,1H3. The summed E-state index contributed by atoms with van der Waals surface area (Å²) < 4.78 is 2.22. The molecular weight excluding hydrogens is 150 g/mol. The second-order valence-electron chi connectivity index (χ2n) is 3.37. The van der Waals surface area contributed by atoms with Gasteiger partial charge < -0.3 is 10.3 Å². The number of imidazole rings is 1. The van der Waals surface area contributed by atoms with Gasteiger partial charge in [0.2, 0.25) is 0 Å². The lowest BCUT2D eigenvalue weighted by atomic mass is 10.3. The average molecular weight is 165 g/mol. The molecule has 0 aliphatic heterocycles. The zero-order chi connectivity index (χ0) is 8.55. The van der Waals surface area contributed by atoms with Gasteiger partial charge in [0.1, 0.15) is 5.82 Å². The number of rotatable bonds is 2. The third-order valence-electron chi connectivity index (χ3n) is 2.58. The van der Waals surface area contributed by atoms with Crippen molar-refractivity contribution in [2.45, 2.75) is 25.7 Å². The molecule has 0 spiro atoms. The fourth-order valence-corrected chi connectivity index (χ4v) is 1.93. The Bertz CT molecular complexity index is 288. The van der Waals surface area contributed by atoms with Crippen LogP contribution in [0.3, 0.4) is 0 Å². The fraction of sp³-hybridized carbons (Fsp3) is 0.667. The molecule has 0 saturated carbocycles. The van der Waals surface area contributed by atoms with Gasteiger partial charge in [0.15, 0.2) is 0 Å². The van der Waals surface area contributed by atoms with E-state index in [0.29, 0.717) is 6.54 Å². The number of nitrogens with zero attached hydrogens (tertiary/aromatic N) is 2. The summed E-state index contributed by atoms with van der Waals surface area (Å²) in [7, 11) is 2.10. The molecule has 2 N–H and O–H groups in total. The van der Waals surface area contributed by atoms with E-state index in [1.807, 2.05) is 0 Å². The first-order chi connectivity index (χ1) is 5.83. The zero-order valence-corrected chi connectivity index (χ0v) is 7.51. The molecule has 1 aromatic heterocycles. The molecular formula is C9H15N3. The Kier molecular flexibility index (Phi) is 1.89. The van der Waals surface area contributed by atoms with Gasteiger partial charge in [-0.15, -0.1) is 0 Å². The molecule has 0 bridgehead atoms. The van der Waals surface area contributed by atoms with Gasteiger partial charge in [-0.1, -0.05) is 0 Å². The number of hydrogen-bond acceptors (Lipinski definition) is 2. The predicted octanol–water partition coefficient (Wildman–Crippen LogP) is 0.410. The molecule has 1 aliphatic rings. The number of aromatic nitrogens is 2. The van der Waals surface area contributed by atoms with Crippen LogP contribution in [0.2, 0.25) is 0 Å². The molecule has 0 aromatic carbocycles. The monoisotopic (exact) mass is 165 g/mol. The first-order valence-corrected chi connectivity index (χ1v) is 4.56. The third-order valence-corrected chi connectivity index (χ3v) is 2.58. The van der Waals surface area contributed by atoms with E-state index in [4.69, 9.17) is 5.73 Å². The van der Waals surface area contributed by atoms with Crippen LogP contribution in [0.5, 0.6) is 0 Å². The van der Waals surface area contributed by atoms with E-state index in [-0.39, 0.29) is 0 Å². The summed E-state index contributed by atoms with van der Waals surface area (Å²) in [6.45, 7) is 0.698. The highest BCUT2D eigenvalue weighted by molar-refractivity contribution is 5.21. The molecule has 0 radical (unpaired) electrons. The van der Waals surface area contributed by atoms with Crippen LogP contribution in [-0.4, -0.2) is 16.1 Å². The Labute approximate surface area is 72.6 Å². The average Bonchev–Trinajstić information content (AvgIpc) is 2.58. The summed E-state index contributed by atoms with van der Waals surface area (Å²) in [5, 5.41) is 0. The summed E-state index contributed by atoms with van der Waals surface area (Å²) in [5.41, 5.74) is 8.23. The van der Waals surface area contributed by atoms with Crippen LogP contribution in [0.25, 0.3) is 0 Å². The molecule has 0 atom stereocenters. The molecule has 0 amide bonds. The summed E-state index contributed by atoms with van der Waals surface area (Å²) >= 11 is 0. The van der Waals surface area contributed by atoms with Crippen molar-refractivity contribution in [1.82, 2.24) is 9.55 Å². The lowest BCUT2D eigenvalue weighted by molar-refractivity contribution is 0.725. The number of aryl methyl sites for hydroxylation is 1. The fourth-order valence-electron chi connectivity index (χ4n) is 1.93. The normalized spacial score (nSPS) is 15.2. The van der Waals surface area contributed by atoms with Gasteiger partial charge in [0.25, 0.3) is 0 Å². The maximum absolute atomic E-state index is 5.49. The molecule has 12 heavy (non-hydrogen) atoms. The number of fused-ring (bicyclic) bond motifs is 1. The smallest absolute Gasteiger partial charge is 0.110 e. The van der Waals surface area contributed by atoms with Gasteiger partial charge in [-0.3, -0.25) is 0 Å². The summed E-state index contributed by atoms with van der Waals surface area (Å²) in [6.07, 6.45) is 4.54. The lowest BCUT2D eigenvalue weighted by Crippen LogP contribution is -2.09. The lowest BCUT2D eigenvalue weighted by Gasteiger charge is -2.01. The Balaban J connectivity index is 2.34. The summed E-state index contributed by atoms with van der Waals surface area (Å²) in [5.74, 6) is 1.15. The van der Waals surface area contributed by atoms with Gasteiger partial charge in [-0.25, -0.2) is 4.98 Å². The zero-order valence-electron chi connectivity index (χ0n) is 7.51. The van der Waals surface area contributed by atoms with Gasteiger partial charge in [0, 0.05) is 19.2 Å². The SMILES string of the molecule is Cn1c(CCN)nc2c1CCC2. The van der Waals surface area contributed by atoms with Crippen LogP contribution in [0.15, 0.2) is 0 Å². The molecule has 0 saturated heterocycles. The van der Waals surface area contributed by atoms with Crippen molar-refractivity contribution in [3.8, 4) is 0 Å². The first kappa shape index (κ1) is 7.80. The molecule has 66 valence electrons. The van der Waals surface area contributed by atoms with E-state index in [1.54, 1.807) is 0 Å². The van der Waals surface area contributed by atoms with Crippen LogP contribution in [0.4, 0.5) is 0 Å². The molecule has 2 rings (SSSR count). The van der Waals surface area contributed by atoms with E-state index in [9.17, 15) is 0 Å². The van der Waals surface area contributed by atoms with Crippen molar-refractivity contribution in [3.05, 3.63) is 17.2 Å².